The van der Waals surface area contributed by atoms with Crippen LogP contribution >= 0.6 is 0 Å². The zero-order valence-corrected chi connectivity index (χ0v) is 14.5. The highest BCUT2D eigenvalue weighted by atomic mass is 16.4. The zero-order chi connectivity index (χ0) is 17.7. The van der Waals surface area contributed by atoms with Crippen molar-refractivity contribution in [1.29, 1.82) is 0 Å². The van der Waals surface area contributed by atoms with Gasteiger partial charge < -0.3 is 20.0 Å². The number of aryl methyl sites for hydroxylation is 1. The minimum atomic E-state index is -0.607. The molecule has 1 saturated heterocycles. The van der Waals surface area contributed by atoms with Crippen molar-refractivity contribution in [2.75, 3.05) is 26.2 Å². The van der Waals surface area contributed by atoms with E-state index >= 15 is 0 Å². The molecule has 132 valence electrons. The predicted octanol–water partition coefficient (Wildman–Crippen LogP) is 1.61. The number of amides is 3. The Morgan fingerprint density at radius 1 is 1.46 bits per heavy atom. The maximum Gasteiger partial charge on any atom is 0.349 e. The first-order valence-electron chi connectivity index (χ1n) is 8.39. The molecule has 24 heavy (non-hydrogen) atoms. The Labute approximate surface area is 141 Å². The number of nitrogens with one attached hydrogen (secondary N) is 2. The van der Waals surface area contributed by atoms with Crippen LogP contribution in [0.15, 0.2) is 15.3 Å². The minimum Gasteiger partial charge on any atom is -0.427 e. The molecule has 0 radical (unpaired) electrons. The Morgan fingerprint density at radius 3 is 2.79 bits per heavy atom. The summed E-state index contributed by atoms with van der Waals surface area (Å²) in [6, 6.07) is 1.64. The van der Waals surface area contributed by atoms with Gasteiger partial charge in [0.25, 0.3) is 5.91 Å². The van der Waals surface area contributed by atoms with Gasteiger partial charge in [-0.05, 0) is 25.0 Å². The zero-order valence-electron chi connectivity index (χ0n) is 14.5. The molecule has 1 aliphatic rings. The monoisotopic (exact) mass is 335 g/mol. The molecule has 1 aromatic rings. The maximum absolute atomic E-state index is 12.3. The van der Waals surface area contributed by atoms with E-state index in [1.165, 1.54) is 0 Å². The second kappa shape index (κ2) is 7.99. The van der Waals surface area contributed by atoms with E-state index in [9.17, 15) is 14.4 Å². The molecule has 0 spiro atoms. The third-order valence-corrected chi connectivity index (χ3v) is 4.21. The van der Waals surface area contributed by atoms with Gasteiger partial charge in [0.2, 0.25) is 0 Å². The smallest absolute Gasteiger partial charge is 0.349 e. The van der Waals surface area contributed by atoms with Gasteiger partial charge in [0.1, 0.15) is 11.3 Å². The lowest BCUT2D eigenvalue weighted by atomic mass is 10.0. The lowest BCUT2D eigenvalue weighted by Gasteiger charge is -2.15. The van der Waals surface area contributed by atoms with Gasteiger partial charge in [-0.3, -0.25) is 4.79 Å². The lowest BCUT2D eigenvalue weighted by Crippen LogP contribution is -2.38. The third-order valence-electron chi connectivity index (χ3n) is 4.21. The van der Waals surface area contributed by atoms with Crippen molar-refractivity contribution in [3.8, 4) is 0 Å². The molecule has 1 unspecified atom stereocenters. The summed E-state index contributed by atoms with van der Waals surface area (Å²) in [5.41, 5.74) is 0.0401. The fourth-order valence-electron chi connectivity index (χ4n) is 2.84. The number of carbonyl (C=O) groups is 2. The highest BCUT2D eigenvalue weighted by Crippen LogP contribution is 2.21. The number of nitrogens with zero attached hydrogens (tertiary/aromatic N) is 1. The first-order valence-corrected chi connectivity index (χ1v) is 8.39. The average Bonchev–Trinajstić information content (AvgIpc) is 2.92. The average molecular weight is 335 g/mol. The molecule has 1 atom stereocenters. The molecule has 2 N–H and O–H groups in total. The molecule has 1 fully saturated rings. The summed E-state index contributed by atoms with van der Waals surface area (Å²) in [6.07, 6.45) is 1.92. The van der Waals surface area contributed by atoms with Crippen LogP contribution in [0, 0.1) is 6.92 Å². The lowest BCUT2D eigenvalue weighted by molar-refractivity contribution is 0.0945. The summed E-state index contributed by atoms with van der Waals surface area (Å²) < 4.78 is 5.33. The van der Waals surface area contributed by atoms with Gasteiger partial charge in [0.05, 0.1) is 0 Å². The van der Waals surface area contributed by atoms with E-state index in [2.05, 4.69) is 17.6 Å². The Hall–Kier alpha value is -2.31. The van der Waals surface area contributed by atoms with Crippen LogP contribution in [0.2, 0.25) is 0 Å². The van der Waals surface area contributed by atoms with Gasteiger partial charge in [0.15, 0.2) is 0 Å². The van der Waals surface area contributed by atoms with Gasteiger partial charge in [0, 0.05) is 32.1 Å². The van der Waals surface area contributed by atoms with Crippen LogP contribution in [-0.2, 0) is 0 Å². The number of hydrogen-bond donors (Lipinski definition) is 2. The molecule has 1 aromatic heterocycles. The van der Waals surface area contributed by atoms with E-state index in [0.29, 0.717) is 37.5 Å². The van der Waals surface area contributed by atoms with E-state index in [1.54, 1.807) is 17.9 Å². The molecule has 2 heterocycles. The first kappa shape index (κ1) is 18.0. The standard InChI is InChI=1S/C17H25N3O4/c1-4-5-11(2)13-10-12(3)14(16(22)24-13)15(21)18-6-8-20-9-7-19-17(20)23/h10-11H,4-9H2,1-3H3,(H,18,21)(H,19,23). The van der Waals surface area contributed by atoms with E-state index < -0.39 is 11.5 Å². The molecular formula is C17H25N3O4. The van der Waals surface area contributed by atoms with E-state index in [4.69, 9.17) is 4.42 Å². The Bertz CT molecular complexity index is 668. The van der Waals surface area contributed by atoms with Gasteiger partial charge in [-0.15, -0.1) is 0 Å². The molecule has 7 heteroatoms. The number of rotatable bonds is 7. The van der Waals surface area contributed by atoms with Crippen molar-refractivity contribution in [3.63, 3.8) is 0 Å². The summed E-state index contributed by atoms with van der Waals surface area (Å²) in [7, 11) is 0. The molecule has 0 saturated carbocycles. The highest BCUT2D eigenvalue weighted by Gasteiger charge is 2.21. The highest BCUT2D eigenvalue weighted by molar-refractivity contribution is 5.95. The Kier molecular flexibility index (Phi) is 6.00. The summed E-state index contributed by atoms with van der Waals surface area (Å²) >= 11 is 0. The van der Waals surface area contributed by atoms with Crippen LogP contribution < -0.4 is 16.3 Å². The van der Waals surface area contributed by atoms with Crippen LogP contribution in [0.4, 0.5) is 4.79 Å². The Morgan fingerprint density at radius 2 is 2.21 bits per heavy atom. The van der Waals surface area contributed by atoms with Crippen molar-refractivity contribution in [1.82, 2.24) is 15.5 Å². The largest absolute Gasteiger partial charge is 0.427 e. The van der Waals surface area contributed by atoms with Crippen LogP contribution in [0.1, 0.15) is 54.3 Å². The Balaban J connectivity index is 2.01. The second-order valence-electron chi connectivity index (χ2n) is 6.16. The van der Waals surface area contributed by atoms with Gasteiger partial charge >= 0.3 is 11.7 Å². The topological polar surface area (TPSA) is 91.7 Å². The quantitative estimate of drug-likeness (QED) is 0.792. The van der Waals surface area contributed by atoms with Crippen molar-refractivity contribution >= 4 is 11.9 Å². The van der Waals surface area contributed by atoms with Crippen LogP contribution in [0.3, 0.4) is 0 Å². The van der Waals surface area contributed by atoms with Crippen LogP contribution in [0.5, 0.6) is 0 Å². The van der Waals surface area contributed by atoms with Crippen LogP contribution in [0.25, 0.3) is 0 Å². The third kappa shape index (κ3) is 4.15. The van der Waals surface area contributed by atoms with Crippen molar-refractivity contribution < 1.29 is 14.0 Å². The number of urea groups is 1. The second-order valence-corrected chi connectivity index (χ2v) is 6.16. The fraction of sp³-hybridized carbons (Fsp3) is 0.588. The van der Waals surface area contributed by atoms with Crippen LogP contribution in [-0.4, -0.2) is 43.0 Å². The summed E-state index contributed by atoms with van der Waals surface area (Å²) in [4.78, 5) is 37.5. The molecule has 3 amide bonds. The van der Waals surface area contributed by atoms with Crippen molar-refractivity contribution in [2.45, 2.75) is 39.5 Å². The van der Waals surface area contributed by atoms with Gasteiger partial charge in [-0.2, -0.15) is 0 Å². The van der Waals surface area contributed by atoms with E-state index in [-0.39, 0.29) is 17.5 Å². The predicted molar refractivity (Wildman–Crippen MR) is 90.3 cm³/mol. The van der Waals surface area contributed by atoms with Gasteiger partial charge in [-0.25, -0.2) is 9.59 Å². The normalized spacial score (nSPS) is 15.3. The molecule has 7 nitrogen and oxygen atoms in total. The minimum absolute atomic E-state index is 0.0355. The summed E-state index contributed by atoms with van der Waals surface area (Å²) in [5.74, 6) is 0.298. The molecular weight excluding hydrogens is 310 g/mol. The molecule has 0 aliphatic carbocycles. The summed E-state index contributed by atoms with van der Waals surface area (Å²) in [6.45, 7) is 7.76. The SMILES string of the molecule is CCCC(C)c1cc(C)c(C(=O)NCCN2CCNC2=O)c(=O)o1. The fourth-order valence-corrected chi connectivity index (χ4v) is 2.84. The molecule has 0 bridgehead atoms. The molecule has 2 rings (SSSR count). The number of hydrogen-bond acceptors (Lipinski definition) is 4. The molecule has 1 aliphatic heterocycles. The van der Waals surface area contributed by atoms with Crippen molar-refractivity contribution in [2.24, 2.45) is 0 Å². The first-order chi connectivity index (χ1) is 11.4. The van der Waals surface area contributed by atoms with Crippen molar-refractivity contribution in [3.05, 3.63) is 33.4 Å². The number of carbonyl (C=O) groups excluding carboxylic acids is 2. The molecule has 0 aromatic carbocycles. The maximum atomic E-state index is 12.3. The van der Waals surface area contributed by atoms with E-state index in [0.717, 1.165) is 12.8 Å². The summed E-state index contributed by atoms with van der Waals surface area (Å²) in [5, 5.41) is 5.38. The van der Waals surface area contributed by atoms with E-state index in [1.807, 2.05) is 6.92 Å². The van der Waals surface area contributed by atoms with Gasteiger partial charge in [-0.1, -0.05) is 20.3 Å².